The smallest absolute Gasteiger partial charge is 0.313 e. The molecule has 0 saturated heterocycles. The van der Waals surface area contributed by atoms with Crippen LogP contribution in [0.3, 0.4) is 0 Å². The number of halogens is 2. The first kappa shape index (κ1) is 18.0. The van der Waals surface area contributed by atoms with Gasteiger partial charge in [-0.3, -0.25) is 14.5 Å². The average Bonchev–Trinajstić information content (AvgIpc) is 3.04. The van der Waals surface area contributed by atoms with E-state index in [1.807, 2.05) is 19.0 Å². The summed E-state index contributed by atoms with van der Waals surface area (Å²) in [7, 11) is 3.67. The van der Waals surface area contributed by atoms with Crippen LogP contribution < -0.4 is 10.6 Å². The minimum atomic E-state index is -0.866. The molecule has 2 N–H and O–H groups in total. The van der Waals surface area contributed by atoms with E-state index in [0.29, 0.717) is 5.76 Å². The maximum atomic E-state index is 13.1. The number of benzene rings is 1. The van der Waals surface area contributed by atoms with Crippen LogP contribution >= 0.6 is 11.6 Å². The molecule has 0 fully saturated rings. The summed E-state index contributed by atoms with van der Waals surface area (Å²) in [6.07, 6.45) is 1.54. The Kier molecular flexibility index (Phi) is 5.94. The van der Waals surface area contributed by atoms with E-state index in [4.69, 9.17) is 16.0 Å². The largest absolute Gasteiger partial charge is 0.468 e. The number of nitrogens with one attached hydrogen (secondary N) is 2. The fraction of sp³-hybridized carbons (Fsp3) is 0.250. The normalized spacial score (nSPS) is 12.0. The molecule has 2 aromatic rings. The minimum absolute atomic E-state index is 0.140. The summed E-state index contributed by atoms with van der Waals surface area (Å²) in [5.74, 6) is -1.61. The number of rotatable bonds is 5. The van der Waals surface area contributed by atoms with Crippen molar-refractivity contribution in [3.8, 4) is 0 Å². The van der Waals surface area contributed by atoms with Crippen molar-refractivity contribution in [1.82, 2.24) is 10.2 Å². The highest BCUT2D eigenvalue weighted by Crippen LogP contribution is 2.19. The summed E-state index contributed by atoms with van der Waals surface area (Å²) >= 11 is 5.63. The number of furan rings is 1. The van der Waals surface area contributed by atoms with E-state index in [-0.39, 0.29) is 23.3 Å². The van der Waals surface area contributed by atoms with Crippen molar-refractivity contribution in [2.45, 2.75) is 6.04 Å². The van der Waals surface area contributed by atoms with E-state index in [9.17, 15) is 14.0 Å². The molecule has 2 amide bonds. The van der Waals surface area contributed by atoms with E-state index in [2.05, 4.69) is 10.6 Å². The summed E-state index contributed by atoms with van der Waals surface area (Å²) in [4.78, 5) is 25.7. The van der Waals surface area contributed by atoms with Crippen LogP contribution in [0.25, 0.3) is 0 Å². The average molecular weight is 354 g/mol. The van der Waals surface area contributed by atoms with Gasteiger partial charge < -0.3 is 15.1 Å². The summed E-state index contributed by atoms with van der Waals surface area (Å²) < 4.78 is 18.4. The first-order valence-electron chi connectivity index (χ1n) is 7.12. The maximum Gasteiger partial charge on any atom is 0.313 e. The number of hydrogen-bond donors (Lipinski definition) is 2. The Morgan fingerprint density at radius 3 is 2.62 bits per heavy atom. The standard InChI is InChI=1S/C16H17ClFN3O3/c1-21(2)13(14-4-3-7-24-14)9-19-15(22)16(23)20-10-5-6-12(18)11(17)8-10/h3-8,13H,9H2,1-2H3,(H,19,22)(H,20,23)/t13-/m0/s1. The lowest BCUT2D eigenvalue weighted by Gasteiger charge is -2.22. The van der Waals surface area contributed by atoms with Crippen LogP contribution in [0.1, 0.15) is 11.8 Å². The molecule has 0 spiro atoms. The Morgan fingerprint density at radius 2 is 2.04 bits per heavy atom. The first-order chi connectivity index (χ1) is 11.4. The molecule has 128 valence electrons. The van der Waals surface area contributed by atoms with Gasteiger partial charge in [0.2, 0.25) is 0 Å². The SMILES string of the molecule is CN(C)[C@@H](CNC(=O)C(=O)Nc1ccc(F)c(Cl)c1)c1ccco1. The summed E-state index contributed by atoms with van der Waals surface area (Å²) in [6.45, 7) is 0.191. The molecule has 24 heavy (non-hydrogen) atoms. The second-order valence-corrected chi connectivity index (χ2v) is 5.70. The van der Waals surface area contributed by atoms with Gasteiger partial charge in [0, 0.05) is 12.2 Å². The van der Waals surface area contributed by atoms with E-state index in [1.54, 1.807) is 18.4 Å². The van der Waals surface area contributed by atoms with Gasteiger partial charge in [-0.2, -0.15) is 0 Å². The van der Waals surface area contributed by atoms with Gasteiger partial charge in [-0.15, -0.1) is 0 Å². The van der Waals surface area contributed by atoms with Crippen molar-refractivity contribution < 1.29 is 18.4 Å². The van der Waals surface area contributed by atoms with Crippen molar-refractivity contribution in [1.29, 1.82) is 0 Å². The molecule has 0 radical (unpaired) electrons. The predicted octanol–water partition coefficient (Wildman–Crippen LogP) is 2.43. The zero-order valence-corrected chi connectivity index (χ0v) is 13.9. The Bertz CT molecular complexity index is 719. The van der Waals surface area contributed by atoms with Crippen LogP contribution in [-0.2, 0) is 9.59 Å². The van der Waals surface area contributed by atoms with Gasteiger partial charge in [0.25, 0.3) is 0 Å². The second-order valence-electron chi connectivity index (χ2n) is 5.29. The highest BCUT2D eigenvalue weighted by atomic mass is 35.5. The van der Waals surface area contributed by atoms with Gasteiger partial charge in [-0.1, -0.05) is 11.6 Å². The number of nitrogens with zero attached hydrogens (tertiary/aromatic N) is 1. The Hall–Kier alpha value is -2.38. The van der Waals surface area contributed by atoms with Gasteiger partial charge >= 0.3 is 11.8 Å². The van der Waals surface area contributed by atoms with E-state index in [1.165, 1.54) is 12.1 Å². The van der Waals surface area contributed by atoms with E-state index >= 15 is 0 Å². The summed E-state index contributed by atoms with van der Waals surface area (Å²) in [6, 6.07) is 6.98. The lowest BCUT2D eigenvalue weighted by atomic mass is 10.2. The number of likely N-dealkylation sites (N-methyl/N-ethyl adjacent to an activating group) is 1. The molecule has 0 aliphatic heterocycles. The van der Waals surface area contributed by atoms with Crippen LogP contribution in [0.2, 0.25) is 5.02 Å². The topological polar surface area (TPSA) is 74.6 Å². The monoisotopic (exact) mass is 353 g/mol. The fourth-order valence-corrected chi connectivity index (χ4v) is 2.23. The van der Waals surface area contributed by atoms with Crippen molar-refractivity contribution in [2.75, 3.05) is 26.0 Å². The quantitative estimate of drug-likeness (QED) is 0.810. The maximum absolute atomic E-state index is 13.1. The van der Waals surface area contributed by atoms with Crippen molar-refractivity contribution in [3.63, 3.8) is 0 Å². The first-order valence-corrected chi connectivity index (χ1v) is 7.50. The molecule has 0 aliphatic carbocycles. The molecule has 1 heterocycles. The van der Waals surface area contributed by atoms with Gasteiger partial charge in [0.15, 0.2) is 0 Å². The second kappa shape index (κ2) is 7.94. The van der Waals surface area contributed by atoms with Crippen molar-refractivity contribution >= 4 is 29.1 Å². The van der Waals surface area contributed by atoms with Gasteiger partial charge in [-0.25, -0.2) is 4.39 Å². The Morgan fingerprint density at radius 1 is 1.29 bits per heavy atom. The third kappa shape index (κ3) is 4.56. The number of carbonyl (C=O) groups excluding carboxylic acids is 2. The van der Waals surface area contributed by atoms with Crippen LogP contribution in [0, 0.1) is 5.82 Å². The number of anilines is 1. The summed E-state index contributed by atoms with van der Waals surface area (Å²) in [5, 5.41) is 4.76. The molecular weight excluding hydrogens is 337 g/mol. The van der Waals surface area contributed by atoms with Crippen molar-refractivity contribution in [3.05, 3.63) is 53.2 Å². The van der Waals surface area contributed by atoms with Crippen LogP contribution in [0.4, 0.5) is 10.1 Å². The zero-order chi connectivity index (χ0) is 17.7. The lowest BCUT2D eigenvalue weighted by molar-refractivity contribution is -0.136. The van der Waals surface area contributed by atoms with Crippen LogP contribution in [0.5, 0.6) is 0 Å². The van der Waals surface area contributed by atoms with Gasteiger partial charge in [-0.05, 0) is 44.4 Å². The zero-order valence-electron chi connectivity index (χ0n) is 13.2. The van der Waals surface area contributed by atoms with Gasteiger partial charge in [0.1, 0.15) is 11.6 Å². The third-order valence-corrected chi connectivity index (χ3v) is 3.62. The molecule has 0 bridgehead atoms. The van der Waals surface area contributed by atoms with Crippen molar-refractivity contribution in [2.24, 2.45) is 0 Å². The Labute approximate surface area is 143 Å². The minimum Gasteiger partial charge on any atom is -0.468 e. The van der Waals surface area contributed by atoms with Gasteiger partial charge in [0.05, 0.1) is 17.3 Å². The molecule has 1 aromatic carbocycles. The molecule has 0 saturated carbocycles. The molecule has 0 aliphatic rings. The molecule has 8 heteroatoms. The molecule has 1 atom stereocenters. The Balaban J connectivity index is 1.93. The lowest BCUT2D eigenvalue weighted by Crippen LogP contribution is -2.40. The molecular formula is C16H17ClFN3O3. The summed E-state index contributed by atoms with van der Waals surface area (Å²) in [5.41, 5.74) is 0.233. The molecule has 0 unspecified atom stereocenters. The van der Waals surface area contributed by atoms with Crippen LogP contribution in [0.15, 0.2) is 41.0 Å². The molecule has 2 rings (SSSR count). The predicted molar refractivity (Wildman–Crippen MR) is 88.2 cm³/mol. The number of amides is 2. The highest BCUT2D eigenvalue weighted by Gasteiger charge is 2.20. The highest BCUT2D eigenvalue weighted by molar-refractivity contribution is 6.39. The number of hydrogen-bond acceptors (Lipinski definition) is 4. The van der Waals surface area contributed by atoms with Crippen LogP contribution in [-0.4, -0.2) is 37.4 Å². The fourth-order valence-electron chi connectivity index (χ4n) is 2.05. The molecule has 6 nitrogen and oxygen atoms in total. The number of carbonyl (C=O) groups is 2. The van der Waals surface area contributed by atoms with E-state index in [0.717, 1.165) is 6.07 Å². The third-order valence-electron chi connectivity index (χ3n) is 3.33. The van der Waals surface area contributed by atoms with E-state index < -0.39 is 17.6 Å². The molecule has 1 aromatic heterocycles.